The molecule has 19 heavy (non-hydrogen) atoms. The van der Waals surface area contributed by atoms with E-state index < -0.39 is 0 Å². The molecule has 0 bridgehead atoms. The summed E-state index contributed by atoms with van der Waals surface area (Å²) in [6, 6.07) is 4.24. The van der Waals surface area contributed by atoms with E-state index in [-0.39, 0.29) is 0 Å². The minimum absolute atomic E-state index is 0.729. The van der Waals surface area contributed by atoms with Crippen LogP contribution in [0.15, 0.2) is 18.3 Å². The summed E-state index contributed by atoms with van der Waals surface area (Å²) in [5, 5.41) is 4.89. The van der Waals surface area contributed by atoms with E-state index in [1.54, 1.807) is 0 Å². The largest absolute Gasteiger partial charge is 0.370 e. The van der Waals surface area contributed by atoms with Crippen LogP contribution in [0.1, 0.15) is 32.8 Å². The highest BCUT2D eigenvalue weighted by Crippen LogP contribution is 2.26. The minimum Gasteiger partial charge on any atom is -0.370 e. The number of aromatic nitrogens is 1. The van der Waals surface area contributed by atoms with Gasteiger partial charge in [-0.25, -0.2) is 4.98 Å². The van der Waals surface area contributed by atoms with E-state index in [2.05, 4.69) is 53.8 Å². The van der Waals surface area contributed by atoms with Gasteiger partial charge in [0.2, 0.25) is 0 Å². The lowest BCUT2D eigenvalue weighted by molar-refractivity contribution is 0.263. The second kappa shape index (κ2) is 7.15. The highest BCUT2D eigenvalue weighted by Gasteiger charge is 2.22. The zero-order valence-electron chi connectivity index (χ0n) is 12.2. The molecule has 106 valence electrons. The molecule has 1 saturated heterocycles. The maximum Gasteiger partial charge on any atom is 0.130 e. The maximum absolute atomic E-state index is 4.48. The van der Waals surface area contributed by atoms with Crippen molar-refractivity contribution < 1.29 is 0 Å². The van der Waals surface area contributed by atoms with Gasteiger partial charge in [-0.1, -0.05) is 26.8 Å². The third kappa shape index (κ3) is 4.39. The van der Waals surface area contributed by atoms with E-state index in [0.29, 0.717) is 0 Å². The van der Waals surface area contributed by atoms with Crippen LogP contribution in [0, 0.1) is 0 Å². The fraction of sp³-hybridized carbons (Fsp3) is 0.667. The Kier molecular flexibility index (Phi) is 5.52. The molecule has 2 unspecified atom stereocenters. The normalized spacial score (nSPS) is 24.4. The van der Waals surface area contributed by atoms with E-state index in [4.69, 9.17) is 0 Å². The smallest absolute Gasteiger partial charge is 0.130 e. The third-order valence-electron chi connectivity index (χ3n) is 3.32. The molecule has 1 N–H and O–H groups in total. The lowest BCUT2D eigenvalue weighted by Gasteiger charge is -2.34. The van der Waals surface area contributed by atoms with Gasteiger partial charge in [0.05, 0.1) is 0 Å². The first-order chi connectivity index (χ1) is 9.19. The zero-order chi connectivity index (χ0) is 13.7. The highest BCUT2D eigenvalue weighted by molar-refractivity contribution is 8.00. The predicted octanol–water partition coefficient (Wildman–Crippen LogP) is 3.23. The number of hydrogen-bond acceptors (Lipinski definition) is 4. The van der Waals surface area contributed by atoms with Crippen LogP contribution in [0.25, 0.3) is 0 Å². The molecule has 1 aliphatic rings. The van der Waals surface area contributed by atoms with E-state index in [1.165, 1.54) is 18.7 Å². The molecule has 2 heterocycles. The summed E-state index contributed by atoms with van der Waals surface area (Å²) in [7, 11) is 0. The van der Waals surface area contributed by atoms with E-state index in [9.17, 15) is 0 Å². The number of nitrogens with zero attached hydrogens (tertiary/aromatic N) is 2. The molecule has 0 radical (unpaired) electrons. The average molecular weight is 279 g/mol. The second-order valence-electron chi connectivity index (χ2n) is 5.39. The van der Waals surface area contributed by atoms with Crippen LogP contribution in [-0.2, 0) is 6.54 Å². The van der Waals surface area contributed by atoms with Crippen LogP contribution in [0.3, 0.4) is 0 Å². The summed E-state index contributed by atoms with van der Waals surface area (Å²) in [6.07, 6.45) is 3.00. The van der Waals surface area contributed by atoms with Gasteiger partial charge >= 0.3 is 0 Å². The summed E-state index contributed by atoms with van der Waals surface area (Å²) in [6.45, 7) is 11.2. The number of rotatable bonds is 5. The second-order valence-corrected chi connectivity index (χ2v) is 7.27. The van der Waals surface area contributed by atoms with Crippen molar-refractivity contribution in [2.24, 2.45) is 0 Å². The van der Waals surface area contributed by atoms with Crippen molar-refractivity contribution in [1.82, 2.24) is 9.88 Å². The molecule has 2 atom stereocenters. The van der Waals surface area contributed by atoms with Crippen molar-refractivity contribution in [2.45, 2.75) is 44.2 Å². The fourth-order valence-electron chi connectivity index (χ4n) is 2.62. The first kappa shape index (κ1) is 14.7. The van der Waals surface area contributed by atoms with Crippen molar-refractivity contribution in [3.63, 3.8) is 0 Å². The SMILES string of the molecule is CCCNc1ncccc1CN1CC(C)SC(C)C1. The lowest BCUT2D eigenvalue weighted by Crippen LogP contribution is -2.39. The molecule has 0 aromatic carbocycles. The first-order valence-corrected chi connectivity index (χ1v) is 8.19. The third-order valence-corrected chi connectivity index (χ3v) is 4.55. The number of nitrogens with one attached hydrogen (secondary N) is 1. The molecule has 1 fully saturated rings. The Morgan fingerprint density at radius 2 is 2.11 bits per heavy atom. The topological polar surface area (TPSA) is 28.2 Å². The van der Waals surface area contributed by atoms with Gasteiger partial charge in [-0.15, -0.1) is 0 Å². The van der Waals surface area contributed by atoms with Crippen LogP contribution in [-0.4, -0.2) is 40.0 Å². The van der Waals surface area contributed by atoms with Gasteiger partial charge in [0.15, 0.2) is 0 Å². The van der Waals surface area contributed by atoms with Crippen LogP contribution >= 0.6 is 11.8 Å². The van der Waals surface area contributed by atoms with Gasteiger partial charge in [-0.05, 0) is 12.5 Å². The summed E-state index contributed by atoms with van der Waals surface area (Å²) in [5.74, 6) is 1.06. The van der Waals surface area contributed by atoms with Gasteiger partial charge in [0, 0.05) is 48.4 Å². The van der Waals surface area contributed by atoms with Gasteiger partial charge in [-0.2, -0.15) is 11.8 Å². The maximum atomic E-state index is 4.48. The molecule has 0 amide bonds. The molecular formula is C15H25N3S. The quantitative estimate of drug-likeness (QED) is 0.895. The van der Waals surface area contributed by atoms with Crippen LogP contribution in [0.5, 0.6) is 0 Å². The Hall–Kier alpha value is -0.740. The van der Waals surface area contributed by atoms with E-state index in [0.717, 1.165) is 35.8 Å². The van der Waals surface area contributed by atoms with Crippen LogP contribution < -0.4 is 5.32 Å². The Morgan fingerprint density at radius 3 is 2.79 bits per heavy atom. The molecule has 2 rings (SSSR count). The van der Waals surface area contributed by atoms with E-state index in [1.807, 2.05) is 12.3 Å². The summed E-state index contributed by atoms with van der Waals surface area (Å²) in [4.78, 5) is 7.03. The standard InChI is InChI=1S/C15H25N3S/c1-4-7-16-15-14(6-5-8-17-15)11-18-9-12(2)19-13(3)10-18/h5-6,8,12-13H,4,7,9-11H2,1-3H3,(H,16,17). The molecule has 3 nitrogen and oxygen atoms in total. The Balaban J connectivity index is 2.01. The van der Waals surface area contributed by atoms with Crippen LogP contribution in [0.4, 0.5) is 5.82 Å². The monoisotopic (exact) mass is 279 g/mol. The predicted molar refractivity (Wildman–Crippen MR) is 84.8 cm³/mol. The van der Waals surface area contributed by atoms with Crippen molar-refractivity contribution in [3.8, 4) is 0 Å². The van der Waals surface area contributed by atoms with Crippen LogP contribution in [0.2, 0.25) is 0 Å². The zero-order valence-corrected chi connectivity index (χ0v) is 13.0. The molecule has 1 aliphatic heterocycles. The molecular weight excluding hydrogens is 254 g/mol. The number of pyridine rings is 1. The average Bonchev–Trinajstić information content (AvgIpc) is 2.36. The van der Waals surface area contributed by atoms with Gasteiger partial charge in [-0.3, -0.25) is 4.90 Å². The summed E-state index contributed by atoms with van der Waals surface area (Å²) < 4.78 is 0. The first-order valence-electron chi connectivity index (χ1n) is 7.24. The molecule has 4 heteroatoms. The molecule has 0 saturated carbocycles. The van der Waals surface area contributed by atoms with Gasteiger partial charge in [0.25, 0.3) is 0 Å². The minimum atomic E-state index is 0.729. The van der Waals surface area contributed by atoms with Crippen molar-refractivity contribution in [1.29, 1.82) is 0 Å². The Morgan fingerprint density at radius 1 is 1.37 bits per heavy atom. The highest BCUT2D eigenvalue weighted by atomic mass is 32.2. The van der Waals surface area contributed by atoms with Crippen molar-refractivity contribution >= 4 is 17.6 Å². The van der Waals surface area contributed by atoms with E-state index >= 15 is 0 Å². The number of thioether (sulfide) groups is 1. The van der Waals surface area contributed by atoms with Crippen molar-refractivity contribution in [2.75, 3.05) is 25.0 Å². The van der Waals surface area contributed by atoms with Crippen molar-refractivity contribution in [3.05, 3.63) is 23.9 Å². The molecule has 0 spiro atoms. The summed E-state index contributed by atoms with van der Waals surface area (Å²) in [5.41, 5.74) is 1.32. The lowest BCUT2D eigenvalue weighted by atomic mass is 10.2. The fourth-order valence-corrected chi connectivity index (χ4v) is 4.01. The molecule has 0 aliphatic carbocycles. The van der Waals surface area contributed by atoms with Gasteiger partial charge < -0.3 is 5.32 Å². The number of hydrogen-bond donors (Lipinski definition) is 1. The number of anilines is 1. The molecule has 1 aromatic heterocycles. The van der Waals surface area contributed by atoms with Gasteiger partial charge in [0.1, 0.15) is 5.82 Å². The Labute approximate surface area is 121 Å². The molecule has 1 aromatic rings. The summed E-state index contributed by atoms with van der Waals surface area (Å²) >= 11 is 2.10. The Bertz CT molecular complexity index is 387.